The van der Waals surface area contributed by atoms with Crippen molar-refractivity contribution in [3.8, 4) is 11.5 Å². The highest BCUT2D eigenvalue weighted by molar-refractivity contribution is 9.08. The molecule has 2 aromatic rings. The summed E-state index contributed by atoms with van der Waals surface area (Å²) in [6.07, 6.45) is 0. The number of fused-ring (bicyclic) bond motifs is 2. The van der Waals surface area contributed by atoms with Gasteiger partial charge in [0.1, 0.15) is 24.0 Å². The Kier molecular flexibility index (Phi) is 8.13. The number of carbonyl (C=O) groups excluding carboxylic acids is 1. The number of hydrogen-bond acceptors (Lipinski definition) is 4. The second-order valence-corrected chi connectivity index (χ2v) is 5.81. The maximum Gasteiger partial charge on any atom is 0.318 e. The molecule has 1 heterocycles. The lowest BCUT2D eigenvalue weighted by Crippen LogP contribution is -2.29. The summed E-state index contributed by atoms with van der Waals surface area (Å²) in [6.45, 7) is 7.29. The summed E-state index contributed by atoms with van der Waals surface area (Å²) in [4.78, 5) is 15.0. The summed E-state index contributed by atoms with van der Waals surface area (Å²) in [5.74, 6) is 2.62. The van der Waals surface area contributed by atoms with Crippen LogP contribution in [0.2, 0.25) is 0 Å². The van der Waals surface area contributed by atoms with Gasteiger partial charge in [-0.25, -0.2) is 0 Å². The lowest BCUT2D eigenvalue weighted by Gasteiger charge is -2.27. The van der Waals surface area contributed by atoms with E-state index in [-0.39, 0.29) is 5.97 Å². The number of nitrogens with zero attached hydrogens (tertiary/aromatic N) is 1. The highest BCUT2D eigenvalue weighted by Gasteiger charge is 2.33. The topological polar surface area (TPSA) is 38.8 Å². The van der Waals surface area contributed by atoms with E-state index in [4.69, 9.17) is 9.47 Å². The molecule has 5 heteroatoms. The first-order valence-electron chi connectivity index (χ1n) is 8.87. The molecular weight excluding hydrogens is 394 g/mol. The van der Waals surface area contributed by atoms with E-state index in [1.54, 1.807) is 0 Å². The average molecular weight is 420 g/mol. The minimum absolute atomic E-state index is 0.217. The van der Waals surface area contributed by atoms with E-state index in [0.717, 1.165) is 42.3 Å². The molecule has 2 aromatic carbocycles. The monoisotopic (exact) mass is 419 g/mol. The number of rotatable bonds is 6. The molecule has 4 nitrogen and oxygen atoms in total. The van der Waals surface area contributed by atoms with Crippen LogP contribution in [-0.2, 0) is 9.53 Å². The Labute approximate surface area is 164 Å². The van der Waals surface area contributed by atoms with E-state index in [1.807, 2.05) is 54.4 Å². The maximum atomic E-state index is 12.8. The summed E-state index contributed by atoms with van der Waals surface area (Å²) in [5, 5.41) is 0. The fraction of sp³-hybridized carbons (Fsp3) is 0.381. The van der Waals surface area contributed by atoms with E-state index in [2.05, 4.69) is 34.7 Å². The van der Waals surface area contributed by atoms with Crippen LogP contribution in [0.5, 0.6) is 11.5 Å². The van der Waals surface area contributed by atoms with Crippen LogP contribution in [0.4, 0.5) is 0 Å². The van der Waals surface area contributed by atoms with E-state index >= 15 is 0 Å². The summed E-state index contributed by atoms with van der Waals surface area (Å²) >= 11 is 2.94. The average Bonchev–Trinajstić information content (AvgIpc) is 2.70. The Morgan fingerprint density at radius 3 is 2.00 bits per heavy atom. The lowest BCUT2D eigenvalue weighted by molar-refractivity contribution is -0.145. The van der Waals surface area contributed by atoms with Crippen molar-refractivity contribution in [1.29, 1.82) is 0 Å². The molecule has 26 heavy (non-hydrogen) atoms. The molecule has 0 bridgehead atoms. The number of alkyl halides is 1. The van der Waals surface area contributed by atoms with Crippen molar-refractivity contribution in [2.24, 2.45) is 0 Å². The molecule has 1 aliphatic rings. The van der Waals surface area contributed by atoms with Crippen LogP contribution in [0, 0.1) is 0 Å². The van der Waals surface area contributed by atoms with E-state index < -0.39 is 5.92 Å². The summed E-state index contributed by atoms with van der Waals surface area (Å²) in [6, 6.07) is 15.3. The van der Waals surface area contributed by atoms with Crippen molar-refractivity contribution in [2.45, 2.75) is 19.8 Å². The molecule has 140 valence electrons. The van der Waals surface area contributed by atoms with Gasteiger partial charge in [-0.2, -0.15) is 0 Å². The number of ether oxygens (including phenoxy) is 2. The molecule has 0 N–H and O–H groups in total. The van der Waals surface area contributed by atoms with Crippen molar-refractivity contribution in [3.63, 3.8) is 0 Å². The van der Waals surface area contributed by atoms with Gasteiger partial charge in [0.15, 0.2) is 0 Å². The zero-order chi connectivity index (χ0) is 18.9. The van der Waals surface area contributed by atoms with Gasteiger partial charge in [-0.05, 0) is 31.1 Å². The largest absolute Gasteiger partial charge is 0.464 e. The quantitative estimate of drug-likeness (QED) is 0.496. The van der Waals surface area contributed by atoms with Gasteiger partial charge in [0.05, 0.1) is 0 Å². The van der Waals surface area contributed by atoms with Crippen LogP contribution < -0.4 is 4.74 Å². The first-order valence-corrected chi connectivity index (χ1v) is 10.5. The Balaban J connectivity index is 0.00000117. The number of carbonyl (C=O) groups is 1. The Bertz CT molecular complexity index is 670. The Morgan fingerprint density at radius 2 is 1.50 bits per heavy atom. The van der Waals surface area contributed by atoms with Gasteiger partial charge >= 0.3 is 5.97 Å². The molecule has 3 rings (SSSR count). The number of benzene rings is 2. The molecule has 0 amide bonds. The minimum Gasteiger partial charge on any atom is -0.464 e. The molecule has 0 atom stereocenters. The molecular formula is C21H26BrNO3. The first-order chi connectivity index (χ1) is 12.7. The van der Waals surface area contributed by atoms with Gasteiger partial charge in [-0.15, -0.1) is 0 Å². The Morgan fingerprint density at radius 1 is 1.00 bits per heavy atom. The van der Waals surface area contributed by atoms with Gasteiger partial charge < -0.3 is 14.4 Å². The second-order valence-electron chi connectivity index (χ2n) is 5.81. The van der Waals surface area contributed by atoms with E-state index in [0.29, 0.717) is 6.61 Å². The summed E-state index contributed by atoms with van der Waals surface area (Å²) in [7, 11) is 0. The highest BCUT2D eigenvalue weighted by Crippen LogP contribution is 2.44. The van der Waals surface area contributed by atoms with Crippen molar-refractivity contribution >= 4 is 21.9 Å². The zero-order valence-corrected chi connectivity index (χ0v) is 17.2. The van der Waals surface area contributed by atoms with Crippen LogP contribution in [0.1, 0.15) is 30.9 Å². The molecule has 0 aliphatic carbocycles. The first kappa shape index (κ1) is 20.5. The third-order valence-corrected chi connectivity index (χ3v) is 4.46. The number of esters is 1. The van der Waals surface area contributed by atoms with Gasteiger partial charge in [-0.3, -0.25) is 4.79 Å². The highest BCUT2D eigenvalue weighted by atomic mass is 79.9. The predicted octanol–water partition coefficient (Wildman–Crippen LogP) is 4.82. The minimum atomic E-state index is -0.428. The SMILES string of the molecule is CBr.CCN(CC)CCOC(=O)C1c2ccccc2Oc2ccccc21. The summed E-state index contributed by atoms with van der Waals surface area (Å²) < 4.78 is 11.5. The second kappa shape index (κ2) is 10.3. The van der Waals surface area contributed by atoms with Crippen LogP contribution in [-0.4, -0.2) is 42.9 Å². The van der Waals surface area contributed by atoms with Crippen molar-refractivity contribution in [2.75, 3.05) is 32.1 Å². The maximum absolute atomic E-state index is 12.8. The number of hydrogen-bond donors (Lipinski definition) is 0. The number of halogens is 1. The van der Waals surface area contributed by atoms with Crippen LogP contribution in [0.25, 0.3) is 0 Å². The Hall–Kier alpha value is -1.85. The van der Waals surface area contributed by atoms with Crippen molar-refractivity contribution in [3.05, 3.63) is 59.7 Å². The standard InChI is InChI=1S/C20H23NO3.CH3Br/c1-3-21(4-2)13-14-23-20(22)19-15-9-5-7-11-17(15)24-18-12-8-6-10-16(18)19;1-2/h5-12,19H,3-4,13-14H2,1-2H3;1H3. The van der Waals surface area contributed by atoms with Crippen LogP contribution in [0.15, 0.2) is 48.5 Å². The number of para-hydroxylation sites is 2. The van der Waals surface area contributed by atoms with Gasteiger partial charge in [0.2, 0.25) is 0 Å². The van der Waals surface area contributed by atoms with Crippen molar-refractivity contribution in [1.82, 2.24) is 4.90 Å². The summed E-state index contributed by atoms with van der Waals surface area (Å²) in [5.41, 5.74) is 1.73. The molecule has 0 saturated carbocycles. The van der Waals surface area contributed by atoms with Gasteiger partial charge in [0, 0.05) is 17.7 Å². The fourth-order valence-corrected chi connectivity index (χ4v) is 3.06. The van der Waals surface area contributed by atoms with Crippen LogP contribution >= 0.6 is 15.9 Å². The molecule has 1 aliphatic heterocycles. The fourth-order valence-electron chi connectivity index (χ4n) is 3.06. The third kappa shape index (κ3) is 4.65. The van der Waals surface area contributed by atoms with Gasteiger partial charge in [-0.1, -0.05) is 66.2 Å². The molecule has 0 aromatic heterocycles. The molecule has 0 fully saturated rings. The zero-order valence-electron chi connectivity index (χ0n) is 15.6. The smallest absolute Gasteiger partial charge is 0.318 e. The molecule has 0 spiro atoms. The van der Waals surface area contributed by atoms with Crippen molar-refractivity contribution < 1.29 is 14.3 Å². The third-order valence-electron chi connectivity index (χ3n) is 4.46. The predicted molar refractivity (Wildman–Crippen MR) is 108 cm³/mol. The van der Waals surface area contributed by atoms with Gasteiger partial charge in [0.25, 0.3) is 0 Å². The molecule has 0 saturated heterocycles. The van der Waals surface area contributed by atoms with Crippen LogP contribution in [0.3, 0.4) is 0 Å². The normalized spacial score (nSPS) is 12.3. The molecule has 0 unspecified atom stereocenters. The molecule has 0 radical (unpaired) electrons. The lowest BCUT2D eigenvalue weighted by atomic mass is 9.88. The van der Waals surface area contributed by atoms with E-state index in [9.17, 15) is 4.79 Å². The van der Waals surface area contributed by atoms with E-state index in [1.165, 1.54) is 0 Å². The number of likely N-dealkylation sites (N-methyl/N-ethyl adjacent to an activating group) is 1.